The Labute approximate surface area is 357 Å². The molecule has 6 heteroatoms. The monoisotopic (exact) mass is 792 g/mol. The fraction of sp³-hybridized carbons (Fsp3) is 0. The SMILES string of the molecule is c1ccc(-c2cccc(-c3cccc(-n4c5ccccc5c5ccc6c(c7ccccc7n6-c6ccc(-c7nc(-c8ccccc8)nc(-c8ccccc8)n7)cc6)c54)c3)n2)cc1. The van der Waals surface area contributed by atoms with Crippen LogP contribution in [0.2, 0.25) is 0 Å². The van der Waals surface area contributed by atoms with Gasteiger partial charge >= 0.3 is 0 Å². The van der Waals surface area contributed by atoms with Crippen molar-refractivity contribution in [3.8, 4) is 68.1 Å². The number of nitrogens with zero attached hydrogens (tertiary/aromatic N) is 6. The maximum absolute atomic E-state index is 5.13. The van der Waals surface area contributed by atoms with Gasteiger partial charge in [-0.3, -0.25) is 0 Å². The van der Waals surface area contributed by atoms with Gasteiger partial charge in [-0.1, -0.05) is 152 Å². The Balaban J connectivity index is 1.02. The van der Waals surface area contributed by atoms with Crippen LogP contribution in [-0.4, -0.2) is 29.1 Å². The quantitative estimate of drug-likeness (QED) is 0.161. The van der Waals surface area contributed by atoms with Crippen LogP contribution < -0.4 is 0 Å². The van der Waals surface area contributed by atoms with E-state index in [1.54, 1.807) is 0 Å². The van der Waals surface area contributed by atoms with Crippen LogP contribution in [0.5, 0.6) is 0 Å². The van der Waals surface area contributed by atoms with Crippen LogP contribution >= 0.6 is 0 Å². The first-order valence-corrected chi connectivity index (χ1v) is 20.8. The van der Waals surface area contributed by atoms with Gasteiger partial charge in [0.25, 0.3) is 0 Å². The van der Waals surface area contributed by atoms with E-state index < -0.39 is 0 Å². The lowest BCUT2D eigenvalue weighted by molar-refractivity contribution is 1.07. The van der Waals surface area contributed by atoms with Crippen molar-refractivity contribution in [2.45, 2.75) is 0 Å². The minimum absolute atomic E-state index is 0.627. The summed E-state index contributed by atoms with van der Waals surface area (Å²) < 4.78 is 4.82. The van der Waals surface area contributed by atoms with Gasteiger partial charge < -0.3 is 9.13 Å². The largest absolute Gasteiger partial charge is 0.309 e. The number of hydrogen-bond acceptors (Lipinski definition) is 4. The van der Waals surface area contributed by atoms with E-state index in [9.17, 15) is 0 Å². The Hall–Kier alpha value is -8.48. The van der Waals surface area contributed by atoms with Crippen LogP contribution in [-0.2, 0) is 0 Å². The van der Waals surface area contributed by atoms with Crippen molar-refractivity contribution in [2.75, 3.05) is 0 Å². The summed E-state index contributed by atoms with van der Waals surface area (Å²) in [5.74, 6) is 1.91. The summed E-state index contributed by atoms with van der Waals surface area (Å²) in [5.41, 5.74) is 13.6. The van der Waals surface area contributed by atoms with E-state index in [1.807, 2.05) is 66.7 Å². The molecule has 0 unspecified atom stereocenters. The molecular formula is C56H36N6. The molecule has 0 radical (unpaired) electrons. The number of pyridine rings is 1. The van der Waals surface area contributed by atoms with Gasteiger partial charge in [-0.15, -0.1) is 0 Å². The Morgan fingerprint density at radius 3 is 1.42 bits per heavy atom. The van der Waals surface area contributed by atoms with Crippen molar-refractivity contribution in [3.63, 3.8) is 0 Å². The second-order valence-electron chi connectivity index (χ2n) is 15.5. The molecule has 0 bridgehead atoms. The van der Waals surface area contributed by atoms with Crippen molar-refractivity contribution in [3.05, 3.63) is 218 Å². The molecule has 0 saturated carbocycles. The molecule has 0 N–H and O–H groups in total. The second-order valence-corrected chi connectivity index (χ2v) is 15.5. The third-order valence-electron chi connectivity index (χ3n) is 11.8. The lowest BCUT2D eigenvalue weighted by Crippen LogP contribution is -2.00. The highest BCUT2D eigenvalue weighted by Crippen LogP contribution is 2.42. The molecule has 0 saturated heterocycles. The van der Waals surface area contributed by atoms with E-state index in [0.717, 1.165) is 67.1 Å². The summed E-state index contributed by atoms with van der Waals surface area (Å²) in [5, 5.41) is 4.80. The van der Waals surface area contributed by atoms with Gasteiger partial charge in [-0.05, 0) is 66.7 Å². The summed E-state index contributed by atoms with van der Waals surface area (Å²) in [6.45, 7) is 0. The summed E-state index contributed by atoms with van der Waals surface area (Å²) in [6, 6.07) is 76.2. The summed E-state index contributed by atoms with van der Waals surface area (Å²) in [6.07, 6.45) is 0. The summed E-state index contributed by atoms with van der Waals surface area (Å²) in [4.78, 5) is 20.0. The van der Waals surface area contributed by atoms with Crippen LogP contribution in [0.4, 0.5) is 0 Å². The topological polar surface area (TPSA) is 61.4 Å². The molecule has 0 atom stereocenters. The van der Waals surface area contributed by atoms with Crippen molar-refractivity contribution >= 4 is 43.6 Å². The number of benzene rings is 8. The van der Waals surface area contributed by atoms with Crippen molar-refractivity contribution in [1.29, 1.82) is 0 Å². The van der Waals surface area contributed by atoms with Gasteiger partial charge in [0.1, 0.15) is 0 Å². The van der Waals surface area contributed by atoms with Crippen molar-refractivity contribution in [2.24, 2.45) is 0 Å². The molecule has 290 valence electrons. The highest BCUT2D eigenvalue weighted by molar-refractivity contribution is 6.26. The second kappa shape index (κ2) is 14.7. The van der Waals surface area contributed by atoms with E-state index in [2.05, 4.69) is 161 Å². The van der Waals surface area contributed by atoms with Crippen LogP contribution in [0.25, 0.3) is 112 Å². The first-order chi connectivity index (χ1) is 30.7. The molecule has 0 spiro atoms. The molecule has 0 amide bonds. The van der Waals surface area contributed by atoms with Gasteiger partial charge in [0, 0.05) is 60.7 Å². The Morgan fingerprint density at radius 1 is 0.274 bits per heavy atom. The van der Waals surface area contributed by atoms with Gasteiger partial charge in [0.15, 0.2) is 17.5 Å². The van der Waals surface area contributed by atoms with Gasteiger partial charge in [0.2, 0.25) is 0 Å². The molecule has 12 rings (SSSR count). The smallest absolute Gasteiger partial charge is 0.164 e. The third kappa shape index (κ3) is 5.96. The molecule has 0 aliphatic rings. The summed E-state index contributed by atoms with van der Waals surface area (Å²) in [7, 11) is 0. The van der Waals surface area contributed by atoms with Gasteiger partial charge in [-0.2, -0.15) is 0 Å². The predicted octanol–water partition coefficient (Wildman–Crippen LogP) is 13.8. The molecule has 62 heavy (non-hydrogen) atoms. The van der Waals surface area contributed by atoms with Gasteiger partial charge in [0.05, 0.1) is 33.5 Å². The molecule has 4 heterocycles. The number of para-hydroxylation sites is 2. The fourth-order valence-electron chi connectivity index (χ4n) is 8.92. The molecule has 8 aromatic carbocycles. The molecule has 6 nitrogen and oxygen atoms in total. The number of fused-ring (bicyclic) bond motifs is 7. The van der Waals surface area contributed by atoms with Crippen LogP contribution in [0.1, 0.15) is 0 Å². The number of hydrogen-bond donors (Lipinski definition) is 0. The van der Waals surface area contributed by atoms with Crippen LogP contribution in [0.15, 0.2) is 218 Å². The molecule has 4 aromatic heterocycles. The van der Waals surface area contributed by atoms with Gasteiger partial charge in [-0.25, -0.2) is 19.9 Å². The maximum Gasteiger partial charge on any atom is 0.164 e. The maximum atomic E-state index is 5.13. The average molecular weight is 793 g/mol. The minimum atomic E-state index is 0.627. The van der Waals surface area contributed by atoms with E-state index in [0.29, 0.717) is 17.5 Å². The molecule has 0 aliphatic carbocycles. The number of aromatic nitrogens is 6. The van der Waals surface area contributed by atoms with Crippen molar-refractivity contribution < 1.29 is 0 Å². The molecule has 12 aromatic rings. The zero-order chi connectivity index (χ0) is 41.0. The lowest BCUT2D eigenvalue weighted by Gasteiger charge is -2.12. The molecule has 0 fully saturated rings. The first-order valence-electron chi connectivity index (χ1n) is 20.8. The normalized spacial score (nSPS) is 11.5. The van der Waals surface area contributed by atoms with E-state index >= 15 is 0 Å². The Kier molecular flexibility index (Phi) is 8.38. The van der Waals surface area contributed by atoms with E-state index in [-0.39, 0.29) is 0 Å². The van der Waals surface area contributed by atoms with Crippen molar-refractivity contribution in [1.82, 2.24) is 29.1 Å². The third-order valence-corrected chi connectivity index (χ3v) is 11.8. The first kappa shape index (κ1) is 35.5. The van der Waals surface area contributed by atoms with E-state index in [4.69, 9.17) is 19.9 Å². The highest BCUT2D eigenvalue weighted by Gasteiger charge is 2.21. The fourth-order valence-corrected chi connectivity index (χ4v) is 8.92. The zero-order valence-corrected chi connectivity index (χ0v) is 33.5. The number of rotatable bonds is 7. The lowest BCUT2D eigenvalue weighted by atomic mass is 10.1. The molecule has 0 aliphatic heterocycles. The van der Waals surface area contributed by atoms with Crippen LogP contribution in [0, 0.1) is 0 Å². The standard InChI is InChI=1S/C56H36N6/c1-4-16-37(17-5-1)47-26-15-27-48(57-47)41-22-14-23-43(36-41)62-49-28-12-10-24-44(49)45-34-35-51-52(53(45)62)46-25-11-13-29-50(46)61(51)42-32-30-40(31-33-42)56-59-54(38-18-6-2-7-19-38)58-55(60-56)39-20-8-3-9-21-39/h1-36H. The average Bonchev–Trinajstić information content (AvgIpc) is 3.88. The van der Waals surface area contributed by atoms with Crippen LogP contribution in [0.3, 0.4) is 0 Å². The predicted molar refractivity (Wildman–Crippen MR) is 253 cm³/mol. The van der Waals surface area contributed by atoms with E-state index in [1.165, 1.54) is 27.1 Å². The Bertz CT molecular complexity index is 3550. The zero-order valence-electron chi connectivity index (χ0n) is 33.5. The Morgan fingerprint density at radius 2 is 0.774 bits per heavy atom. The highest BCUT2D eigenvalue weighted by atomic mass is 15.0. The minimum Gasteiger partial charge on any atom is -0.309 e. The summed E-state index contributed by atoms with van der Waals surface area (Å²) >= 11 is 0. The molecular weight excluding hydrogens is 757 g/mol.